The molecule has 1 unspecified atom stereocenters. The molecule has 4 nitrogen and oxygen atoms in total. The average molecular weight is 374 g/mol. The first-order valence-electron chi connectivity index (χ1n) is 10.2. The third kappa shape index (κ3) is 10.6. The van der Waals surface area contributed by atoms with E-state index in [1.807, 2.05) is 18.2 Å². The number of carbonyl (C=O) groups is 2. The first-order chi connectivity index (χ1) is 13.0. The van der Waals surface area contributed by atoms with Gasteiger partial charge in [0.25, 0.3) is 0 Å². The van der Waals surface area contributed by atoms with Gasteiger partial charge in [-0.05, 0) is 44.1 Å². The monoisotopic (exact) mass is 373 g/mol. The summed E-state index contributed by atoms with van der Waals surface area (Å²) in [5, 5.41) is 0. The van der Waals surface area contributed by atoms with E-state index in [0.717, 1.165) is 37.7 Å². The van der Waals surface area contributed by atoms with Gasteiger partial charge in [-0.2, -0.15) is 0 Å². The van der Waals surface area contributed by atoms with Crippen LogP contribution in [0.15, 0.2) is 48.1 Å². The first kappa shape index (κ1) is 22.9. The molecule has 1 amide bonds. The number of hydrogen-bond donors (Lipinski definition) is 1. The molecule has 2 atom stereocenters. The predicted molar refractivity (Wildman–Crippen MR) is 111 cm³/mol. The minimum Gasteiger partial charge on any atom is -0.450 e. The van der Waals surface area contributed by atoms with Crippen LogP contribution in [0.5, 0.6) is 0 Å². The second-order valence-electron chi connectivity index (χ2n) is 7.23. The molecule has 2 N–H and O–H groups in total. The quantitative estimate of drug-likeness (QED) is 0.257. The summed E-state index contributed by atoms with van der Waals surface area (Å²) in [4.78, 5) is 22.5. The minimum atomic E-state index is -0.716. The number of primary amides is 1. The number of amides is 1. The molecule has 0 fully saturated rings. The maximum Gasteiger partial charge on any atom is 0.404 e. The molecule has 0 heterocycles. The van der Waals surface area contributed by atoms with Crippen molar-refractivity contribution < 1.29 is 14.3 Å². The van der Waals surface area contributed by atoms with E-state index in [0.29, 0.717) is 12.5 Å². The second-order valence-corrected chi connectivity index (χ2v) is 7.23. The van der Waals surface area contributed by atoms with Gasteiger partial charge >= 0.3 is 6.09 Å². The minimum absolute atomic E-state index is 0.126. The molecule has 0 spiro atoms. The van der Waals surface area contributed by atoms with Crippen LogP contribution in [0.4, 0.5) is 4.79 Å². The Morgan fingerprint density at radius 2 is 2.07 bits per heavy atom. The largest absolute Gasteiger partial charge is 0.450 e. The molecule has 1 aliphatic rings. The van der Waals surface area contributed by atoms with Gasteiger partial charge in [0.2, 0.25) is 0 Å². The lowest BCUT2D eigenvalue weighted by atomic mass is 9.97. The van der Waals surface area contributed by atoms with E-state index < -0.39 is 6.09 Å². The van der Waals surface area contributed by atoms with Crippen molar-refractivity contribution in [3.8, 4) is 0 Å². The fourth-order valence-corrected chi connectivity index (χ4v) is 3.05. The van der Waals surface area contributed by atoms with Gasteiger partial charge in [0, 0.05) is 11.5 Å². The van der Waals surface area contributed by atoms with Crippen LogP contribution in [0, 0.1) is 11.8 Å². The number of ether oxygens (including phenoxy) is 1. The lowest BCUT2D eigenvalue weighted by Crippen LogP contribution is -2.13. The summed E-state index contributed by atoms with van der Waals surface area (Å²) in [6.07, 6.45) is 21.8. The van der Waals surface area contributed by atoms with Gasteiger partial charge in [-0.1, -0.05) is 69.6 Å². The van der Waals surface area contributed by atoms with Crippen molar-refractivity contribution in [3.63, 3.8) is 0 Å². The molecule has 0 aromatic rings. The highest BCUT2D eigenvalue weighted by molar-refractivity contribution is 6.07. The van der Waals surface area contributed by atoms with Crippen LogP contribution in [0.3, 0.4) is 0 Å². The topological polar surface area (TPSA) is 69.4 Å². The number of nitrogens with two attached hydrogens (primary N) is 1. The molecule has 1 rings (SSSR count). The standard InChI is InChI=1S/C23H35NO3/c1-3-4-12-19(2)13-9-10-15-21-20(16-17-22(21)25)14-8-6-5-7-11-18-27-23(24)26/h6,8-10,15-17,19-20H,3-5,7,11-14,18H2,1-2H3,(H2,24,26)/b8-6-,10-9?,21-15?/t19?,20-/m0/s1. The average Bonchev–Trinajstić information content (AvgIpc) is 2.98. The van der Waals surface area contributed by atoms with Crippen molar-refractivity contribution >= 4 is 11.9 Å². The molecule has 0 radical (unpaired) electrons. The predicted octanol–water partition coefficient (Wildman–Crippen LogP) is 5.65. The summed E-state index contributed by atoms with van der Waals surface area (Å²) >= 11 is 0. The van der Waals surface area contributed by atoms with Gasteiger partial charge < -0.3 is 10.5 Å². The highest BCUT2D eigenvalue weighted by Gasteiger charge is 2.20. The molecule has 4 heteroatoms. The SMILES string of the molecule is CCCCC(C)CC=CC=C1C(=O)C=C[C@@H]1C/C=C\CCCCOC(N)=O. The zero-order chi connectivity index (χ0) is 19.9. The normalized spacial score (nSPS) is 19.6. The Morgan fingerprint density at radius 1 is 1.26 bits per heavy atom. The van der Waals surface area contributed by atoms with E-state index in [1.54, 1.807) is 6.08 Å². The van der Waals surface area contributed by atoms with Crippen molar-refractivity contribution in [1.82, 2.24) is 0 Å². The van der Waals surface area contributed by atoms with Crippen molar-refractivity contribution in [1.29, 1.82) is 0 Å². The molecule has 0 aliphatic heterocycles. The second kappa shape index (κ2) is 14.0. The number of carbonyl (C=O) groups excluding carboxylic acids is 2. The fraction of sp³-hybridized carbons (Fsp3) is 0.565. The molecule has 0 saturated heterocycles. The Labute approximate surface area is 164 Å². The van der Waals surface area contributed by atoms with Crippen LogP contribution in [0.1, 0.15) is 65.2 Å². The van der Waals surface area contributed by atoms with Gasteiger partial charge in [-0.15, -0.1) is 0 Å². The summed E-state index contributed by atoms with van der Waals surface area (Å²) in [5.74, 6) is 0.999. The number of unbranched alkanes of at least 4 members (excludes halogenated alkanes) is 3. The highest BCUT2D eigenvalue weighted by atomic mass is 16.5. The van der Waals surface area contributed by atoms with E-state index in [9.17, 15) is 9.59 Å². The van der Waals surface area contributed by atoms with E-state index in [4.69, 9.17) is 10.5 Å². The van der Waals surface area contributed by atoms with Crippen molar-refractivity contribution in [2.24, 2.45) is 17.6 Å². The van der Waals surface area contributed by atoms with E-state index in [-0.39, 0.29) is 11.7 Å². The maximum atomic E-state index is 12.1. The smallest absolute Gasteiger partial charge is 0.404 e. The summed E-state index contributed by atoms with van der Waals surface area (Å²) in [5.41, 5.74) is 5.79. The van der Waals surface area contributed by atoms with Crippen LogP contribution in [-0.4, -0.2) is 18.5 Å². The van der Waals surface area contributed by atoms with Crippen molar-refractivity contribution in [2.75, 3.05) is 6.61 Å². The molecule has 27 heavy (non-hydrogen) atoms. The Bertz CT molecular complexity index is 572. The fourth-order valence-electron chi connectivity index (χ4n) is 3.05. The van der Waals surface area contributed by atoms with Gasteiger partial charge in [-0.3, -0.25) is 4.79 Å². The van der Waals surface area contributed by atoms with Gasteiger partial charge in [0.15, 0.2) is 5.78 Å². The van der Waals surface area contributed by atoms with E-state index in [2.05, 4.69) is 32.1 Å². The Morgan fingerprint density at radius 3 is 2.81 bits per heavy atom. The molecule has 150 valence electrons. The Hall–Kier alpha value is -2.10. The first-order valence-corrected chi connectivity index (χ1v) is 10.2. The number of ketones is 1. The zero-order valence-corrected chi connectivity index (χ0v) is 16.9. The summed E-state index contributed by atoms with van der Waals surface area (Å²) in [7, 11) is 0. The molecule has 0 aromatic heterocycles. The highest BCUT2D eigenvalue weighted by Crippen LogP contribution is 2.25. The lowest BCUT2D eigenvalue weighted by Gasteiger charge is -2.07. The van der Waals surface area contributed by atoms with Crippen LogP contribution in [-0.2, 0) is 9.53 Å². The maximum absolute atomic E-state index is 12.1. The molecule has 0 bridgehead atoms. The summed E-state index contributed by atoms with van der Waals surface area (Å²) in [6, 6.07) is 0. The molecular formula is C23H35NO3. The van der Waals surface area contributed by atoms with Crippen molar-refractivity contribution in [3.05, 3.63) is 48.1 Å². The number of allylic oxidation sites excluding steroid dienone is 8. The summed E-state index contributed by atoms with van der Waals surface area (Å²) < 4.78 is 4.69. The third-order valence-electron chi connectivity index (χ3n) is 4.73. The molecule has 0 aromatic carbocycles. The van der Waals surface area contributed by atoms with Gasteiger partial charge in [0.1, 0.15) is 0 Å². The Balaban J connectivity index is 2.33. The molecule has 1 aliphatic carbocycles. The van der Waals surface area contributed by atoms with Gasteiger partial charge in [-0.25, -0.2) is 4.79 Å². The molecule has 0 saturated carbocycles. The third-order valence-corrected chi connectivity index (χ3v) is 4.73. The van der Waals surface area contributed by atoms with Crippen LogP contribution in [0.2, 0.25) is 0 Å². The number of hydrogen-bond acceptors (Lipinski definition) is 3. The van der Waals surface area contributed by atoms with Crippen LogP contribution >= 0.6 is 0 Å². The van der Waals surface area contributed by atoms with Crippen LogP contribution < -0.4 is 5.73 Å². The Kier molecular flexibility index (Phi) is 11.9. The lowest BCUT2D eigenvalue weighted by molar-refractivity contribution is -0.111. The van der Waals surface area contributed by atoms with Gasteiger partial charge in [0.05, 0.1) is 6.61 Å². The van der Waals surface area contributed by atoms with Crippen molar-refractivity contribution in [2.45, 2.75) is 65.2 Å². The van der Waals surface area contributed by atoms with Crippen LogP contribution in [0.25, 0.3) is 0 Å². The van der Waals surface area contributed by atoms with E-state index in [1.165, 1.54) is 19.3 Å². The van der Waals surface area contributed by atoms with E-state index >= 15 is 0 Å². The number of rotatable bonds is 13. The summed E-state index contributed by atoms with van der Waals surface area (Å²) in [6.45, 7) is 4.88. The zero-order valence-electron chi connectivity index (χ0n) is 16.9. The molecular weight excluding hydrogens is 338 g/mol.